The van der Waals surface area contributed by atoms with Crippen molar-refractivity contribution in [2.45, 2.75) is 96.8 Å². The van der Waals surface area contributed by atoms with E-state index >= 15 is 0 Å². The minimum absolute atomic E-state index is 0. The smallest absolute Gasteiger partial charge is 1.00 e. The van der Waals surface area contributed by atoms with Crippen molar-refractivity contribution >= 4 is 10.1 Å². The third kappa shape index (κ3) is 26.8. The van der Waals surface area contributed by atoms with Crippen LogP contribution < -0.4 is 29.6 Å². The predicted molar refractivity (Wildman–Crippen MR) is 108 cm³/mol. The van der Waals surface area contributed by atoms with Gasteiger partial charge in [0.15, 0.2) is 0 Å². The van der Waals surface area contributed by atoms with E-state index in [2.05, 4.69) is 19.1 Å². The molecule has 26 heavy (non-hydrogen) atoms. The summed E-state index contributed by atoms with van der Waals surface area (Å²) in [5.41, 5.74) is 0. The normalized spacial score (nSPS) is 11.8. The van der Waals surface area contributed by atoms with Gasteiger partial charge in [0.05, 0.1) is 12.4 Å². The number of allylic oxidation sites excluding steroid dienone is 2. The fourth-order valence-corrected chi connectivity index (χ4v) is 3.05. The molecule has 0 aliphatic rings. The average Bonchev–Trinajstić information content (AvgIpc) is 2.56. The number of rotatable bonds is 19. The maximum atomic E-state index is 10.5. The Morgan fingerprint density at radius 2 is 1.23 bits per heavy atom. The summed E-state index contributed by atoms with van der Waals surface area (Å²) in [7, 11) is -3.88. The molecule has 0 heterocycles. The molecule has 0 aliphatic carbocycles. The van der Waals surface area contributed by atoms with E-state index in [9.17, 15) is 8.42 Å². The second-order valence-corrected chi connectivity index (χ2v) is 8.41. The van der Waals surface area contributed by atoms with E-state index in [0.717, 1.165) is 12.8 Å². The van der Waals surface area contributed by atoms with E-state index in [-0.39, 0.29) is 43.3 Å². The van der Waals surface area contributed by atoms with Crippen molar-refractivity contribution in [2.24, 2.45) is 0 Å². The van der Waals surface area contributed by atoms with E-state index in [1.807, 2.05) is 0 Å². The van der Waals surface area contributed by atoms with Crippen LogP contribution in [0.4, 0.5) is 0 Å². The van der Waals surface area contributed by atoms with Gasteiger partial charge in [-0.25, -0.2) is 0 Å². The van der Waals surface area contributed by atoms with Gasteiger partial charge in [-0.2, -0.15) is 8.42 Å². The fraction of sp³-hybridized carbons (Fsp3) is 0.900. The molecule has 0 spiro atoms. The summed E-state index contributed by atoms with van der Waals surface area (Å²) in [6, 6.07) is 0. The molecule has 0 saturated heterocycles. The van der Waals surface area contributed by atoms with E-state index in [1.165, 1.54) is 77.0 Å². The van der Waals surface area contributed by atoms with Gasteiger partial charge in [-0.15, -0.1) is 0 Å². The second-order valence-electron chi connectivity index (χ2n) is 6.84. The molecule has 0 saturated carbocycles. The average molecular weight is 401 g/mol. The van der Waals surface area contributed by atoms with Gasteiger partial charge in [-0.3, -0.25) is 4.55 Å². The third-order valence-corrected chi connectivity index (χ3v) is 4.97. The Morgan fingerprint density at radius 3 is 1.73 bits per heavy atom. The van der Waals surface area contributed by atoms with Crippen LogP contribution in [-0.4, -0.2) is 31.9 Å². The molecule has 4 nitrogen and oxygen atoms in total. The van der Waals surface area contributed by atoms with Gasteiger partial charge in [-0.05, 0) is 32.1 Å². The molecule has 0 unspecified atom stereocenters. The summed E-state index contributed by atoms with van der Waals surface area (Å²) in [6.45, 7) is 2.93. The third-order valence-electron chi connectivity index (χ3n) is 4.29. The van der Waals surface area contributed by atoms with Crippen molar-refractivity contribution in [2.75, 3.05) is 19.0 Å². The molecule has 0 amide bonds. The van der Waals surface area contributed by atoms with Crippen LogP contribution in [0.2, 0.25) is 0 Å². The Balaban J connectivity index is -0.00000288. The Morgan fingerprint density at radius 1 is 0.769 bits per heavy atom. The van der Waals surface area contributed by atoms with Crippen LogP contribution in [0.5, 0.6) is 0 Å². The zero-order valence-corrected chi connectivity index (χ0v) is 20.1. The van der Waals surface area contributed by atoms with Crippen LogP contribution >= 0.6 is 0 Å². The second kappa shape index (κ2) is 21.9. The number of ether oxygens (including phenoxy) is 1. The summed E-state index contributed by atoms with van der Waals surface area (Å²) in [4.78, 5) is 0. The zero-order valence-electron chi connectivity index (χ0n) is 18.3. The minimum atomic E-state index is -3.88. The number of unbranched alkanes of at least 4 members (excludes halogenated alkanes) is 12. The van der Waals surface area contributed by atoms with Gasteiger partial charge >= 0.3 is 29.6 Å². The number of hydrogen-bond donors (Lipinski definition) is 1. The first-order valence-corrected chi connectivity index (χ1v) is 11.8. The quantitative estimate of drug-likeness (QED) is 0.157. The first kappa shape index (κ1) is 28.8. The molecule has 0 fully saturated rings. The molecule has 0 atom stereocenters. The molecular formula is C20H41NaO4S. The van der Waals surface area contributed by atoms with Crippen LogP contribution in [0.15, 0.2) is 12.2 Å². The predicted octanol–water partition coefficient (Wildman–Crippen LogP) is 3.04. The summed E-state index contributed by atoms with van der Waals surface area (Å²) in [6.07, 6.45) is 22.5. The molecular weight excluding hydrogens is 359 g/mol. The summed E-state index contributed by atoms with van der Waals surface area (Å²) in [5.74, 6) is -0.306. The van der Waals surface area contributed by atoms with Crippen LogP contribution in [0, 0.1) is 0 Å². The van der Waals surface area contributed by atoms with Crippen LogP contribution in [-0.2, 0) is 14.9 Å². The maximum absolute atomic E-state index is 10.5. The van der Waals surface area contributed by atoms with Gasteiger partial charge in [0.25, 0.3) is 10.1 Å². The van der Waals surface area contributed by atoms with Crippen molar-refractivity contribution in [1.29, 1.82) is 0 Å². The van der Waals surface area contributed by atoms with Gasteiger partial charge in [0.2, 0.25) is 0 Å². The van der Waals surface area contributed by atoms with Crippen molar-refractivity contribution < 1.29 is 48.7 Å². The fourth-order valence-electron chi connectivity index (χ4n) is 2.72. The largest absolute Gasteiger partial charge is 1.00 e. The zero-order chi connectivity index (χ0) is 18.6. The minimum Gasteiger partial charge on any atom is -1.00 e. The molecule has 152 valence electrons. The van der Waals surface area contributed by atoms with Crippen molar-refractivity contribution in [3.05, 3.63) is 12.2 Å². The molecule has 0 radical (unpaired) electrons. The first-order valence-electron chi connectivity index (χ1n) is 10.2. The van der Waals surface area contributed by atoms with Crippen molar-refractivity contribution in [3.63, 3.8) is 0 Å². The van der Waals surface area contributed by atoms with Gasteiger partial charge < -0.3 is 6.16 Å². The van der Waals surface area contributed by atoms with Gasteiger partial charge in [0, 0.05) is 6.61 Å². The van der Waals surface area contributed by atoms with E-state index in [0.29, 0.717) is 6.61 Å². The van der Waals surface area contributed by atoms with E-state index in [4.69, 9.17) is 9.29 Å². The Hall–Kier alpha value is 0.610. The molecule has 1 N–H and O–H groups in total. The maximum Gasteiger partial charge on any atom is 1.00 e. The monoisotopic (exact) mass is 400 g/mol. The standard InChI is InChI=1S/C20H40O4S.Na.H/c1-2-3-4-5-6-7-8-9-10-11-12-13-14-15-16-17-18-24-19-20-25(21,22)23;;/h9-10H,2-8,11-20H2,1H3,(H,21,22,23);;/q;+1;-1/b10-9-;;. The Labute approximate surface area is 186 Å². The molecule has 0 bridgehead atoms. The summed E-state index contributed by atoms with van der Waals surface area (Å²) >= 11 is 0. The molecule has 0 rings (SSSR count). The summed E-state index contributed by atoms with van der Waals surface area (Å²) < 4.78 is 34.7. The Kier molecular flexibility index (Phi) is 24.3. The van der Waals surface area contributed by atoms with Gasteiger partial charge in [-0.1, -0.05) is 76.9 Å². The van der Waals surface area contributed by atoms with Crippen LogP contribution in [0.1, 0.15) is 98.2 Å². The van der Waals surface area contributed by atoms with E-state index in [1.54, 1.807) is 0 Å². The van der Waals surface area contributed by atoms with Crippen molar-refractivity contribution in [3.8, 4) is 0 Å². The summed E-state index contributed by atoms with van der Waals surface area (Å²) in [5, 5.41) is 0. The molecule has 0 aromatic carbocycles. The molecule has 0 aromatic rings. The van der Waals surface area contributed by atoms with Crippen LogP contribution in [0.3, 0.4) is 0 Å². The molecule has 0 aliphatic heterocycles. The van der Waals surface area contributed by atoms with E-state index < -0.39 is 10.1 Å². The molecule has 6 heteroatoms. The van der Waals surface area contributed by atoms with Crippen molar-refractivity contribution in [1.82, 2.24) is 0 Å². The SMILES string of the molecule is CCCCCCCC/C=C\CCCCCCCCOCCS(=O)(=O)O.[H-].[Na+]. The molecule has 0 aromatic heterocycles. The first-order chi connectivity index (χ1) is 12.1. The topological polar surface area (TPSA) is 63.6 Å². The van der Waals surface area contributed by atoms with Gasteiger partial charge in [0.1, 0.15) is 0 Å². The number of hydrogen-bond acceptors (Lipinski definition) is 3. The van der Waals surface area contributed by atoms with Crippen LogP contribution in [0.25, 0.3) is 0 Å². The Bertz CT molecular complexity index is 403.